The van der Waals surface area contributed by atoms with Crippen molar-refractivity contribution in [2.45, 2.75) is 44.7 Å². The van der Waals surface area contributed by atoms with Crippen molar-refractivity contribution in [3.8, 4) is 0 Å². The molecule has 2 saturated heterocycles. The molecule has 0 radical (unpaired) electrons. The minimum absolute atomic E-state index is 0.00356. The molecule has 0 saturated carbocycles. The molecule has 2 rings (SSSR count). The van der Waals surface area contributed by atoms with Gasteiger partial charge in [0.25, 0.3) is 0 Å². The average Bonchev–Trinajstić information content (AvgIpc) is 2.41. The van der Waals surface area contributed by atoms with Crippen LogP contribution in [0.3, 0.4) is 0 Å². The van der Waals surface area contributed by atoms with Crippen LogP contribution >= 0.6 is 0 Å². The van der Waals surface area contributed by atoms with E-state index in [0.29, 0.717) is 19.6 Å². The fourth-order valence-electron chi connectivity index (χ4n) is 2.60. The van der Waals surface area contributed by atoms with Crippen molar-refractivity contribution in [1.29, 1.82) is 0 Å². The molecule has 96 valence electrons. The van der Waals surface area contributed by atoms with E-state index >= 15 is 0 Å². The Morgan fingerprint density at radius 1 is 1.47 bits per heavy atom. The van der Waals surface area contributed by atoms with Gasteiger partial charge in [-0.1, -0.05) is 0 Å². The van der Waals surface area contributed by atoms with Gasteiger partial charge < -0.3 is 15.0 Å². The summed E-state index contributed by atoms with van der Waals surface area (Å²) in [6, 6.07) is -0.427. The maximum atomic E-state index is 12.3. The van der Waals surface area contributed by atoms with E-state index in [1.54, 1.807) is 6.92 Å². The van der Waals surface area contributed by atoms with Gasteiger partial charge in [0.15, 0.2) is 0 Å². The molecule has 2 fully saturated rings. The zero-order chi connectivity index (χ0) is 12.5. The lowest BCUT2D eigenvalue weighted by Crippen LogP contribution is -2.57. The van der Waals surface area contributed by atoms with Crippen LogP contribution in [0.25, 0.3) is 0 Å². The number of hydrogen-bond donors (Lipinski definition) is 1. The Bertz CT molecular complexity index is 324. The summed E-state index contributed by atoms with van der Waals surface area (Å²) >= 11 is 0. The smallest absolute Gasteiger partial charge is 0.245 e. The van der Waals surface area contributed by atoms with Crippen LogP contribution < -0.4 is 5.32 Å². The highest BCUT2D eigenvalue weighted by atomic mass is 16.5. The summed E-state index contributed by atoms with van der Waals surface area (Å²) in [7, 11) is 0. The predicted molar refractivity (Wildman–Crippen MR) is 62.4 cm³/mol. The standard InChI is InChI=1S/C12H20N2O3/c1-9-11(16)14(6-4-10(15)13-9)12(2)5-3-7-17-8-12/h9H,3-8H2,1-2H3,(H,13,15). The summed E-state index contributed by atoms with van der Waals surface area (Å²) in [5.41, 5.74) is -0.254. The third-order valence-electron chi connectivity index (χ3n) is 3.65. The van der Waals surface area contributed by atoms with Crippen LogP contribution in [0.4, 0.5) is 0 Å². The lowest BCUT2D eigenvalue weighted by atomic mass is 9.92. The Hall–Kier alpha value is -1.10. The van der Waals surface area contributed by atoms with Crippen LogP contribution in [0.1, 0.15) is 33.1 Å². The fraction of sp³-hybridized carbons (Fsp3) is 0.833. The maximum absolute atomic E-state index is 12.3. The van der Waals surface area contributed by atoms with E-state index in [9.17, 15) is 9.59 Å². The van der Waals surface area contributed by atoms with Crippen molar-refractivity contribution in [2.24, 2.45) is 0 Å². The molecule has 2 aliphatic heterocycles. The van der Waals surface area contributed by atoms with Crippen LogP contribution in [-0.4, -0.2) is 48.1 Å². The Morgan fingerprint density at radius 2 is 2.24 bits per heavy atom. The summed E-state index contributed by atoms with van der Waals surface area (Å²) in [5, 5.41) is 2.71. The van der Waals surface area contributed by atoms with Crippen molar-refractivity contribution in [3.05, 3.63) is 0 Å². The number of carbonyl (C=O) groups excluding carboxylic acids is 2. The molecule has 2 atom stereocenters. The molecule has 0 aromatic carbocycles. The van der Waals surface area contributed by atoms with Crippen LogP contribution in [0.15, 0.2) is 0 Å². The first-order valence-electron chi connectivity index (χ1n) is 6.21. The second-order valence-corrected chi connectivity index (χ2v) is 5.18. The zero-order valence-electron chi connectivity index (χ0n) is 10.5. The number of carbonyl (C=O) groups is 2. The van der Waals surface area contributed by atoms with E-state index in [4.69, 9.17) is 4.74 Å². The van der Waals surface area contributed by atoms with Crippen molar-refractivity contribution in [1.82, 2.24) is 10.2 Å². The van der Waals surface area contributed by atoms with Crippen molar-refractivity contribution in [3.63, 3.8) is 0 Å². The van der Waals surface area contributed by atoms with Crippen LogP contribution in [-0.2, 0) is 14.3 Å². The molecule has 17 heavy (non-hydrogen) atoms. The minimum Gasteiger partial charge on any atom is -0.379 e. The average molecular weight is 240 g/mol. The number of nitrogens with one attached hydrogen (secondary N) is 1. The molecule has 2 amide bonds. The predicted octanol–water partition coefficient (Wildman–Crippen LogP) is 0.292. The third-order valence-corrected chi connectivity index (χ3v) is 3.65. The van der Waals surface area contributed by atoms with Gasteiger partial charge in [-0.3, -0.25) is 9.59 Å². The van der Waals surface area contributed by atoms with E-state index in [-0.39, 0.29) is 17.4 Å². The van der Waals surface area contributed by atoms with Gasteiger partial charge in [-0.15, -0.1) is 0 Å². The highest BCUT2D eigenvalue weighted by Gasteiger charge is 2.40. The lowest BCUT2D eigenvalue weighted by molar-refractivity contribution is -0.143. The van der Waals surface area contributed by atoms with Gasteiger partial charge in [-0.2, -0.15) is 0 Å². The molecule has 2 unspecified atom stereocenters. The normalized spacial score (nSPS) is 35.4. The molecule has 1 N–H and O–H groups in total. The number of rotatable bonds is 1. The van der Waals surface area contributed by atoms with E-state index in [1.807, 2.05) is 11.8 Å². The van der Waals surface area contributed by atoms with Gasteiger partial charge in [0.05, 0.1) is 12.1 Å². The van der Waals surface area contributed by atoms with E-state index in [2.05, 4.69) is 5.32 Å². The highest BCUT2D eigenvalue weighted by molar-refractivity contribution is 5.90. The molecular weight excluding hydrogens is 220 g/mol. The largest absolute Gasteiger partial charge is 0.379 e. The van der Waals surface area contributed by atoms with Gasteiger partial charge in [0, 0.05) is 19.6 Å². The molecule has 0 bridgehead atoms. The first kappa shape index (κ1) is 12.4. The molecule has 0 aromatic heterocycles. The molecular formula is C12H20N2O3. The number of nitrogens with zero attached hydrogens (tertiary/aromatic N) is 1. The summed E-state index contributed by atoms with van der Waals surface area (Å²) in [5.74, 6) is -0.0440. The second-order valence-electron chi connectivity index (χ2n) is 5.18. The SMILES string of the molecule is CC1NC(=O)CCN(C2(C)CCCOC2)C1=O. The van der Waals surface area contributed by atoms with E-state index in [1.165, 1.54) is 0 Å². The maximum Gasteiger partial charge on any atom is 0.245 e. The molecule has 0 aliphatic carbocycles. The molecule has 2 aliphatic rings. The summed E-state index contributed by atoms with van der Waals surface area (Å²) < 4.78 is 5.49. The van der Waals surface area contributed by atoms with Crippen LogP contribution in [0.5, 0.6) is 0 Å². The molecule has 5 heteroatoms. The Kier molecular flexibility index (Phi) is 3.38. The van der Waals surface area contributed by atoms with E-state index in [0.717, 1.165) is 19.4 Å². The summed E-state index contributed by atoms with van der Waals surface area (Å²) in [4.78, 5) is 25.5. The van der Waals surface area contributed by atoms with Crippen molar-refractivity contribution in [2.75, 3.05) is 19.8 Å². The van der Waals surface area contributed by atoms with E-state index < -0.39 is 6.04 Å². The van der Waals surface area contributed by atoms with Crippen LogP contribution in [0, 0.1) is 0 Å². The van der Waals surface area contributed by atoms with Gasteiger partial charge in [-0.05, 0) is 26.7 Å². The number of hydrogen-bond acceptors (Lipinski definition) is 3. The molecule has 2 heterocycles. The van der Waals surface area contributed by atoms with Gasteiger partial charge in [0.2, 0.25) is 11.8 Å². The van der Waals surface area contributed by atoms with Gasteiger partial charge >= 0.3 is 0 Å². The quantitative estimate of drug-likeness (QED) is 0.717. The Balaban J connectivity index is 2.17. The highest BCUT2D eigenvalue weighted by Crippen LogP contribution is 2.27. The topological polar surface area (TPSA) is 58.6 Å². The third kappa shape index (κ3) is 2.44. The summed E-state index contributed by atoms with van der Waals surface area (Å²) in [6.45, 7) is 5.62. The molecule has 0 aromatic rings. The monoisotopic (exact) mass is 240 g/mol. The Morgan fingerprint density at radius 3 is 2.88 bits per heavy atom. The Labute approximate surface area is 101 Å². The first-order valence-corrected chi connectivity index (χ1v) is 6.21. The van der Waals surface area contributed by atoms with Crippen molar-refractivity contribution < 1.29 is 14.3 Å². The van der Waals surface area contributed by atoms with Gasteiger partial charge in [0.1, 0.15) is 6.04 Å². The minimum atomic E-state index is -0.427. The fourth-order valence-corrected chi connectivity index (χ4v) is 2.60. The van der Waals surface area contributed by atoms with Gasteiger partial charge in [-0.25, -0.2) is 0 Å². The second kappa shape index (κ2) is 4.64. The van der Waals surface area contributed by atoms with Crippen LogP contribution in [0.2, 0.25) is 0 Å². The summed E-state index contributed by atoms with van der Waals surface area (Å²) in [6.07, 6.45) is 2.29. The molecule has 5 nitrogen and oxygen atoms in total. The van der Waals surface area contributed by atoms with Crippen molar-refractivity contribution >= 4 is 11.8 Å². The zero-order valence-corrected chi connectivity index (χ0v) is 10.5. The number of ether oxygens (including phenoxy) is 1. The number of amides is 2. The first-order chi connectivity index (χ1) is 8.03. The molecule has 0 spiro atoms. The lowest BCUT2D eigenvalue weighted by Gasteiger charge is -2.43.